The van der Waals surface area contributed by atoms with Gasteiger partial charge in [-0.15, -0.1) is 0 Å². The summed E-state index contributed by atoms with van der Waals surface area (Å²) in [5.41, 5.74) is 0.935. The molecule has 2 fully saturated rings. The van der Waals surface area contributed by atoms with E-state index < -0.39 is 0 Å². The lowest BCUT2D eigenvalue weighted by Crippen LogP contribution is -2.51. The molecule has 0 unspecified atom stereocenters. The molecule has 2 amide bonds. The fourth-order valence-electron chi connectivity index (χ4n) is 3.34. The normalized spacial score (nSPS) is 21.0. The molecule has 1 aromatic rings. The van der Waals surface area contributed by atoms with Gasteiger partial charge in [-0.3, -0.25) is 9.59 Å². The van der Waals surface area contributed by atoms with Crippen molar-refractivity contribution in [2.24, 2.45) is 0 Å². The van der Waals surface area contributed by atoms with E-state index in [0.29, 0.717) is 39.3 Å². The number of carbonyl (C=O) groups excluding carboxylic acids is 2. The molecule has 0 bridgehead atoms. The fraction of sp³-hybridized carbons (Fsp3) is 0.556. The topological polar surface area (TPSA) is 59.1 Å². The molecule has 2 heterocycles. The van der Waals surface area contributed by atoms with E-state index in [2.05, 4.69) is 0 Å². The van der Waals surface area contributed by atoms with Crippen LogP contribution in [0.4, 0.5) is 0 Å². The van der Waals surface area contributed by atoms with Crippen LogP contribution < -0.4 is 4.74 Å². The lowest BCUT2D eigenvalue weighted by molar-refractivity contribution is -0.146. The summed E-state index contributed by atoms with van der Waals surface area (Å²) >= 11 is 0. The van der Waals surface area contributed by atoms with Crippen molar-refractivity contribution in [2.75, 3.05) is 40.0 Å². The summed E-state index contributed by atoms with van der Waals surface area (Å²) in [6.45, 7) is 3.07. The molecule has 1 aromatic carbocycles. The molecule has 2 saturated heterocycles. The van der Waals surface area contributed by atoms with Gasteiger partial charge in [0.25, 0.3) is 0 Å². The molecule has 0 radical (unpaired) electrons. The zero-order valence-electron chi connectivity index (χ0n) is 14.1. The third-order valence-corrected chi connectivity index (χ3v) is 4.70. The minimum Gasteiger partial charge on any atom is -0.497 e. The van der Waals surface area contributed by atoms with Crippen LogP contribution in [0.25, 0.3) is 0 Å². The van der Waals surface area contributed by atoms with Crippen LogP contribution in [0.15, 0.2) is 24.3 Å². The molecule has 3 rings (SSSR count). The van der Waals surface area contributed by atoms with E-state index in [9.17, 15) is 9.59 Å². The number of methoxy groups -OCH3 is 1. The maximum Gasteiger partial charge on any atom is 0.245 e. The first-order valence-electron chi connectivity index (χ1n) is 8.48. The molecule has 0 N–H and O–H groups in total. The molecule has 0 saturated carbocycles. The van der Waals surface area contributed by atoms with Gasteiger partial charge in [0.05, 0.1) is 26.7 Å². The highest BCUT2D eigenvalue weighted by atomic mass is 16.5. The number of rotatable bonds is 4. The van der Waals surface area contributed by atoms with E-state index in [4.69, 9.17) is 9.47 Å². The van der Waals surface area contributed by atoms with Crippen LogP contribution in [0.5, 0.6) is 5.75 Å². The summed E-state index contributed by atoms with van der Waals surface area (Å²) in [7, 11) is 1.62. The summed E-state index contributed by atoms with van der Waals surface area (Å²) in [4.78, 5) is 29.0. The van der Waals surface area contributed by atoms with Gasteiger partial charge < -0.3 is 19.3 Å². The number of amides is 2. The highest BCUT2D eigenvalue weighted by Gasteiger charge is 2.36. The number of benzene rings is 1. The fourth-order valence-corrected chi connectivity index (χ4v) is 3.34. The second-order valence-corrected chi connectivity index (χ2v) is 6.21. The number of morpholine rings is 1. The van der Waals surface area contributed by atoms with Gasteiger partial charge in [0.1, 0.15) is 11.8 Å². The number of nitrogens with zero attached hydrogens (tertiary/aromatic N) is 2. The van der Waals surface area contributed by atoms with Gasteiger partial charge in [0, 0.05) is 19.6 Å². The SMILES string of the molecule is COc1ccc(CC(=O)N2CCC[C@@H]2C(=O)N2CCOCC2)cc1. The molecule has 1 atom stereocenters. The Balaban J connectivity index is 1.63. The van der Waals surface area contributed by atoms with Crippen molar-refractivity contribution in [3.63, 3.8) is 0 Å². The first-order valence-corrected chi connectivity index (χ1v) is 8.48. The third kappa shape index (κ3) is 3.70. The van der Waals surface area contributed by atoms with Crippen molar-refractivity contribution in [1.82, 2.24) is 9.80 Å². The Bertz CT molecular complexity index is 581. The number of hydrogen-bond donors (Lipinski definition) is 0. The maximum absolute atomic E-state index is 12.7. The van der Waals surface area contributed by atoms with Gasteiger partial charge in [-0.2, -0.15) is 0 Å². The highest BCUT2D eigenvalue weighted by molar-refractivity contribution is 5.89. The zero-order valence-corrected chi connectivity index (χ0v) is 14.1. The van der Waals surface area contributed by atoms with Crippen molar-refractivity contribution in [3.8, 4) is 5.75 Å². The number of ether oxygens (including phenoxy) is 2. The first kappa shape index (κ1) is 16.8. The molecule has 24 heavy (non-hydrogen) atoms. The Kier molecular flexibility index (Phi) is 5.35. The van der Waals surface area contributed by atoms with E-state index in [1.54, 1.807) is 12.0 Å². The van der Waals surface area contributed by atoms with Crippen LogP contribution in [0, 0.1) is 0 Å². The Morgan fingerprint density at radius 2 is 1.88 bits per heavy atom. The summed E-state index contributed by atoms with van der Waals surface area (Å²) in [5, 5.41) is 0. The van der Waals surface area contributed by atoms with Crippen LogP contribution in [-0.4, -0.2) is 67.6 Å². The molecule has 2 aliphatic rings. The van der Waals surface area contributed by atoms with E-state index in [1.807, 2.05) is 29.2 Å². The van der Waals surface area contributed by atoms with Crippen LogP contribution >= 0.6 is 0 Å². The van der Waals surface area contributed by atoms with Crippen molar-refractivity contribution < 1.29 is 19.1 Å². The standard InChI is InChI=1S/C18H24N2O4/c1-23-15-6-4-14(5-7-15)13-17(21)20-8-2-3-16(20)18(22)19-9-11-24-12-10-19/h4-7,16H,2-3,8-13H2,1H3/t16-/m1/s1. The van der Waals surface area contributed by atoms with E-state index in [0.717, 1.165) is 24.2 Å². The lowest BCUT2D eigenvalue weighted by Gasteiger charge is -2.32. The molecule has 0 aliphatic carbocycles. The predicted octanol–water partition coefficient (Wildman–Crippen LogP) is 1.09. The van der Waals surface area contributed by atoms with Gasteiger partial charge in [0.15, 0.2) is 0 Å². The Labute approximate surface area is 142 Å². The second-order valence-electron chi connectivity index (χ2n) is 6.21. The maximum atomic E-state index is 12.7. The number of likely N-dealkylation sites (tertiary alicyclic amines) is 1. The predicted molar refractivity (Wildman–Crippen MR) is 88.8 cm³/mol. The van der Waals surface area contributed by atoms with Gasteiger partial charge in [0.2, 0.25) is 11.8 Å². The summed E-state index contributed by atoms with van der Waals surface area (Å²) in [5.74, 6) is 0.857. The highest BCUT2D eigenvalue weighted by Crippen LogP contribution is 2.22. The Hall–Kier alpha value is -2.08. The summed E-state index contributed by atoms with van der Waals surface area (Å²) in [6, 6.07) is 7.18. The summed E-state index contributed by atoms with van der Waals surface area (Å²) in [6.07, 6.45) is 1.95. The second kappa shape index (κ2) is 7.66. The summed E-state index contributed by atoms with van der Waals surface area (Å²) < 4.78 is 10.4. The lowest BCUT2D eigenvalue weighted by atomic mass is 10.1. The average molecular weight is 332 g/mol. The van der Waals surface area contributed by atoms with Gasteiger partial charge >= 0.3 is 0 Å². The van der Waals surface area contributed by atoms with Crippen molar-refractivity contribution in [2.45, 2.75) is 25.3 Å². The van der Waals surface area contributed by atoms with Gasteiger partial charge in [-0.05, 0) is 30.5 Å². The van der Waals surface area contributed by atoms with Crippen LogP contribution in [0.1, 0.15) is 18.4 Å². The largest absolute Gasteiger partial charge is 0.497 e. The smallest absolute Gasteiger partial charge is 0.245 e. The molecular formula is C18H24N2O4. The molecule has 0 spiro atoms. The number of hydrogen-bond acceptors (Lipinski definition) is 4. The Morgan fingerprint density at radius 3 is 2.54 bits per heavy atom. The van der Waals surface area contributed by atoms with Crippen molar-refractivity contribution in [1.29, 1.82) is 0 Å². The minimum atomic E-state index is -0.311. The van der Waals surface area contributed by atoms with Gasteiger partial charge in [-0.25, -0.2) is 0 Å². The van der Waals surface area contributed by atoms with Gasteiger partial charge in [-0.1, -0.05) is 12.1 Å². The van der Waals surface area contributed by atoms with Crippen LogP contribution in [-0.2, 0) is 20.7 Å². The monoisotopic (exact) mass is 332 g/mol. The van der Waals surface area contributed by atoms with Crippen LogP contribution in [0.3, 0.4) is 0 Å². The Morgan fingerprint density at radius 1 is 1.17 bits per heavy atom. The molecular weight excluding hydrogens is 308 g/mol. The van der Waals surface area contributed by atoms with E-state index in [1.165, 1.54) is 0 Å². The zero-order chi connectivity index (χ0) is 16.9. The molecule has 2 aliphatic heterocycles. The van der Waals surface area contributed by atoms with Crippen LogP contribution in [0.2, 0.25) is 0 Å². The molecule has 6 nitrogen and oxygen atoms in total. The molecule has 6 heteroatoms. The average Bonchev–Trinajstić information content (AvgIpc) is 3.12. The van der Waals surface area contributed by atoms with E-state index in [-0.39, 0.29) is 17.9 Å². The van der Waals surface area contributed by atoms with E-state index >= 15 is 0 Å². The third-order valence-electron chi connectivity index (χ3n) is 4.70. The molecule has 0 aromatic heterocycles. The minimum absolute atomic E-state index is 0.0178. The van der Waals surface area contributed by atoms with Crippen molar-refractivity contribution in [3.05, 3.63) is 29.8 Å². The molecule has 130 valence electrons. The quantitative estimate of drug-likeness (QED) is 0.828. The number of carbonyl (C=O) groups is 2. The first-order chi connectivity index (χ1) is 11.7. The van der Waals surface area contributed by atoms with Crippen molar-refractivity contribution >= 4 is 11.8 Å².